The van der Waals surface area contributed by atoms with Gasteiger partial charge in [-0.2, -0.15) is 0 Å². The molecule has 0 fully saturated rings. The molecule has 0 spiro atoms. The van der Waals surface area contributed by atoms with Gasteiger partial charge in [-0.1, -0.05) is 13.0 Å². The molecule has 21 heavy (non-hydrogen) atoms. The first-order valence-electron chi connectivity index (χ1n) is 7.48. The molecule has 0 aliphatic heterocycles. The maximum atomic E-state index is 4.61. The molecule has 0 radical (unpaired) electrons. The van der Waals surface area contributed by atoms with Gasteiger partial charge in [0.05, 0.1) is 0 Å². The molecule has 0 saturated heterocycles. The lowest BCUT2D eigenvalue weighted by Crippen LogP contribution is -2.23. The van der Waals surface area contributed by atoms with Gasteiger partial charge in [-0.15, -0.1) is 0 Å². The predicted molar refractivity (Wildman–Crippen MR) is 87.6 cm³/mol. The average molecular weight is 284 g/mol. The molecule has 1 N–H and O–H groups in total. The van der Waals surface area contributed by atoms with E-state index in [1.54, 1.807) is 0 Å². The molecule has 0 aliphatic rings. The van der Waals surface area contributed by atoms with E-state index in [-0.39, 0.29) is 0 Å². The van der Waals surface area contributed by atoms with Gasteiger partial charge in [0, 0.05) is 44.6 Å². The molecule has 4 nitrogen and oxygen atoms in total. The van der Waals surface area contributed by atoms with Crippen molar-refractivity contribution in [1.29, 1.82) is 0 Å². The summed E-state index contributed by atoms with van der Waals surface area (Å²) >= 11 is 0. The number of aryl methyl sites for hydroxylation is 1. The van der Waals surface area contributed by atoms with Gasteiger partial charge in [-0.3, -0.25) is 4.98 Å². The van der Waals surface area contributed by atoms with E-state index in [9.17, 15) is 0 Å². The third-order valence-corrected chi connectivity index (χ3v) is 3.48. The summed E-state index contributed by atoms with van der Waals surface area (Å²) in [6.07, 6.45) is 4.73. The Morgan fingerprint density at radius 3 is 2.76 bits per heavy atom. The number of nitrogens with one attached hydrogen (secondary N) is 1. The van der Waals surface area contributed by atoms with E-state index in [2.05, 4.69) is 53.2 Å². The minimum absolute atomic E-state index is 0.877. The Morgan fingerprint density at radius 2 is 2.10 bits per heavy atom. The first-order valence-corrected chi connectivity index (χ1v) is 7.48. The third kappa shape index (κ3) is 4.53. The minimum Gasteiger partial charge on any atom is -0.359 e. The SMILES string of the molecule is CCNCc1cnc(N(C)CCc2ccccn2)c(C)c1. The summed E-state index contributed by atoms with van der Waals surface area (Å²) in [4.78, 5) is 11.2. The predicted octanol–water partition coefficient (Wildman–Crippen LogP) is 2.57. The molecule has 4 heteroatoms. The van der Waals surface area contributed by atoms with E-state index in [0.717, 1.165) is 37.6 Å². The van der Waals surface area contributed by atoms with Crippen LogP contribution in [0.5, 0.6) is 0 Å². The molecular weight excluding hydrogens is 260 g/mol. The Labute approximate surface area is 127 Å². The lowest BCUT2D eigenvalue weighted by atomic mass is 10.2. The number of likely N-dealkylation sites (N-methyl/N-ethyl adjacent to an activating group) is 1. The molecule has 0 amide bonds. The highest BCUT2D eigenvalue weighted by atomic mass is 15.2. The van der Waals surface area contributed by atoms with Crippen LogP contribution in [-0.2, 0) is 13.0 Å². The maximum absolute atomic E-state index is 4.61. The molecule has 2 heterocycles. The Bertz CT molecular complexity index is 554. The van der Waals surface area contributed by atoms with Gasteiger partial charge >= 0.3 is 0 Å². The van der Waals surface area contributed by atoms with Crippen LogP contribution in [0.25, 0.3) is 0 Å². The molecule has 0 aromatic carbocycles. The third-order valence-electron chi connectivity index (χ3n) is 3.48. The summed E-state index contributed by atoms with van der Waals surface area (Å²) in [5, 5.41) is 3.33. The first-order chi connectivity index (χ1) is 10.2. The van der Waals surface area contributed by atoms with Crippen molar-refractivity contribution in [2.24, 2.45) is 0 Å². The summed E-state index contributed by atoms with van der Waals surface area (Å²) < 4.78 is 0. The summed E-state index contributed by atoms with van der Waals surface area (Å²) in [6.45, 7) is 7.00. The van der Waals surface area contributed by atoms with Crippen LogP contribution in [0.2, 0.25) is 0 Å². The Hall–Kier alpha value is -1.94. The van der Waals surface area contributed by atoms with E-state index >= 15 is 0 Å². The fraction of sp³-hybridized carbons (Fsp3) is 0.412. The standard InChI is InChI=1S/C17H24N4/c1-4-18-12-15-11-14(2)17(20-13-15)21(3)10-8-16-7-5-6-9-19-16/h5-7,9,11,13,18H,4,8,10,12H2,1-3H3. The van der Waals surface area contributed by atoms with Crippen LogP contribution in [0.4, 0.5) is 5.82 Å². The number of aromatic nitrogens is 2. The van der Waals surface area contributed by atoms with Gasteiger partial charge in [0.15, 0.2) is 0 Å². The van der Waals surface area contributed by atoms with E-state index in [4.69, 9.17) is 0 Å². The van der Waals surface area contributed by atoms with Gasteiger partial charge in [0.2, 0.25) is 0 Å². The zero-order valence-electron chi connectivity index (χ0n) is 13.1. The molecule has 2 aromatic heterocycles. The highest BCUT2D eigenvalue weighted by Gasteiger charge is 2.07. The molecule has 0 atom stereocenters. The van der Waals surface area contributed by atoms with Crippen molar-refractivity contribution in [3.8, 4) is 0 Å². The molecular formula is C17H24N4. The number of pyridine rings is 2. The molecule has 0 bridgehead atoms. The lowest BCUT2D eigenvalue weighted by Gasteiger charge is -2.20. The molecule has 0 saturated carbocycles. The van der Waals surface area contributed by atoms with Crippen molar-refractivity contribution in [2.45, 2.75) is 26.8 Å². The quantitative estimate of drug-likeness (QED) is 0.848. The van der Waals surface area contributed by atoms with E-state index in [1.165, 1.54) is 11.1 Å². The minimum atomic E-state index is 0.877. The van der Waals surface area contributed by atoms with Crippen molar-refractivity contribution >= 4 is 5.82 Å². The highest BCUT2D eigenvalue weighted by Crippen LogP contribution is 2.17. The van der Waals surface area contributed by atoms with Gasteiger partial charge in [0.25, 0.3) is 0 Å². The van der Waals surface area contributed by atoms with Crippen LogP contribution in [-0.4, -0.2) is 30.1 Å². The number of anilines is 1. The Balaban J connectivity index is 1.97. The Kier molecular flexibility index (Phi) is 5.69. The second-order valence-corrected chi connectivity index (χ2v) is 5.26. The summed E-state index contributed by atoms with van der Waals surface area (Å²) in [5.74, 6) is 1.05. The van der Waals surface area contributed by atoms with Gasteiger partial charge < -0.3 is 10.2 Å². The van der Waals surface area contributed by atoms with Crippen LogP contribution >= 0.6 is 0 Å². The number of rotatable bonds is 7. The fourth-order valence-electron chi connectivity index (χ4n) is 2.33. The van der Waals surface area contributed by atoms with Gasteiger partial charge in [-0.05, 0) is 42.8 Å². The van der Waals surface area contributed by atoms with Crippen molar-refractivity contribution in [3.63, 3.8) is 0 Å². The van der Waals surface area contributed by atoms with Crippen molar-refractivity contribution in [1.82, 2.24) is 15.3 Å². The van der Waals surface area contributed by atoms with Gasteiger partial charge in [0.1, 0.15) is 5.82 Å². The van der Waals surface area contributed by atoms with Crippen molar-refractivity contribution in [2.75, 3.05) is 25.0 Å². The van der Waals surface area contributed by atoms with Crippen LogP contribution in [0.3, 0.4) is 0 Å². The average Bonchev–Trinajstić information content (AvgIpc) is 2.51. The number of hydrogen-bond acceptors (Lipinski definition) is 4. The monoisotopic (exact) mass is 284 g/mol. The second-order valence-electron chi connectivity index (χ2n) is 5.26. The lowest BCUT2D eigenvalue weighted by molar-refractivity contribution is 0.723. The van der Waals surface area contributed by atoms with E-state index in [0.29, 0.717) is 0 Å². The molecule has 2 aromatic rings. The Morgan fingerprint density at radius 1 is 1.24 bits per heavy atom. The zero-order valence-corrected chi connectivity index (χ0v) is 13.1. The van der Waals surface area contributed by atoms with Crippen LogP contribution in [0.1, 0.15) is 23.7 Å². The largest absolute Gasteiger partial charge is 0.359 e. The normalized spacial score (nSPS) is 10.6. The topological polar surface area (TPSA) is 41.1 Å². The van der Waals surface area contributed by atoms with Crippen LogP contribution < -0.4 is 10.2 Å². The van der Waals surface area contributed by atoms with E-state index < -0.39 is 0 Å². The summed E-state index contributed by atoms with van der Waals surface area (Å²) in [5.41, 5.74) is 3.57. The summed E-state index contributed by atoms with van der Waals surface area (Å²) in [7, 11) is 2.09. The number of nitrogens with zero attached hydrogens (tertiary/aromatic N) is 3. The smallest absolute Gasteiger partial charge is 0.131 e. The van der Waals surface area contributed by atoms with Crippen molar-refractivity contribution in [3.05, 3.63) is 53.5 Å². The van der Waals surface area contributed by atoms with Crippen LogP contribution in [0, 0.1) is 6.92 Å². The maximum Gasteiger partial charge on any atom is 0.131 e. The fourth-order valence-corrected chi connectivity index (χ4v) is 2.33. The highest BCUT2D eigenvalue weighted by molar-refractivity contribution is 5.46. The van der Waals surface area contributed by atoms with Crippen LogP contribution in [0.15, 0.2) is 36.7 Å². The zero-order chi connectivity index (χ0) is 15.1. The molecule has 112 valence electrons. The van der Waals surface area contributed by atoms with Gasteiger partial charge in [-0.25, -0.2) is 4.98 Å². The molecule has 2 rings (SSSR count). The first kappa shape index (κ1) is 15.4. The van der Waals surface area contributed by atoms with Crippen molar-refractivity contribution < 1.29 is 0 Å². The van der Waals surface area contributed by atoms with E-state index in [1.807, 2.05) is 24.5 Å². The number of hydrogen-bond donors (Lipinski definition) is 1. The summed E-state index contributed by atoms with van der Waals surface area (Å²) in [6, 6.07) is 8.25. The molecule has 0 unspecified atom stereocenters. The molecule has 0 aliphatic carbocycles. The second kappa shape index (κ2) is 7.74.